The monoisotopic (exact) mass is 288 g/mol. The number of hydrazine groups is 1. The first kappa shape index (κ1) is 14.7. The summed E-state index contributed by atoms with van der Waals surface area (Å²) in [7, 11) is 0. The smallest absolute Gasteiger partial charge is 0.277 e. The van der Waals surface area contributed by atoms with Crippen molar-refractivity contribution in [3.05, 3.63) is 46.2 Å². The SMILES string of the molecule is CC(C)Oc1ccc(-c2cc(C(=O)NN)c(=O)[nH]n2)cc1. The van der Waals surface area contributed by atoms with Crippen molar-refractivity contribution in [2.24, 2.45) is 5.84 Å². The first-order valence-electron chi connectivity index (χ1n) is 6.39. The molecule has 2 aromatic rings. The van der Waals surface area contributed by atoms with E-state index < -0.39 is 11.5 Å². The number of hydrogen-bond donors (Lipinski definition) is 3. The lowest BCUT2D eigenvalue weighted by molar-refractivity contribution is 0.0952. The first-order valence-corrected chi connectivity index (χ1v) is 6.39. The van der Waals surface area contributed by atoms with Gasteiger partial charge in [0, 0.05) is 5.56 Å². The fraction of sp³-hybridized carbons (Fsp3) is 0.214. The van der Waals surface area contributed by atoms with Crippen LogP contribution in [0.25, 0.3) is 11.3 Å². The van der Waals surface area contributed by atoms with Crippen molar-refractivity contribution in [2.45, 2.75) is 20.0 Å². The zero-order valence-electron chi connectivity index (χ0n) is 11.7. The molecule has 0 aliphatic rings. The minimum absolute atomic E-state index is 0.0851. The lowest BCUT2D eigenvalue weighted by Gasteiger charge is -2.10. The molecule has 0 aliphatic carbocycles. The minimum atomic E-state index is -0.667. The van der Waals surface area contributed by atoms with E-state index in [-0.39, 0.29) is 11.7 Å². The van der Waals surface area contributed by atoms with Gasteiger partial charge in [-0.2, -0.15) is 5.10 Å². The molecule has 110 valence electrons. The van der Waals surface area contributed by atoms with Crippen LogP contribution in [0.2, 0.25) is 0 Å². The number of rotatable bonds is 4. The van der Waals surface area contributed by atoms with E-state index in [4.69, 9.17) is 10.6 Å². The Labute approximate surface area is 121 Å². The molecule has 4 N–H and O–H groups in total. The summed E-state index contributed by atoms with van der Waals surface area (Å²) >= 11 is 0. The number of amides is 1. The van der Waals surface area contributed by atoms with Gasteiger partial charge in [-0.05, 0) is 44.2 Å². The van der Waals surface area contributed by atoms with E-state index >= 15 is 0 Å². The Morgan fingerprint density at radius 2 is 2.00 bits per heavy atom. The Hall–Kier alpha value is -2.67. The van der Waals surface area contributed by atoms with Gasteiger partial charge in [-0.25, -0.2) is 10.9 Å². The van der Waals surface area contributed by atoms with Crippen LogP contribution in [0.15, 0.2) is 35.1 Å². The average Bonchev–Trinajstić information content (AvgIpc) is 2.47. The molecule has 0 spiro atoms. The third-order valence-electron chi connectivity index (χ3n) is 2.70. The van der Waals surface area contributed by atoms with Crippen molar-refractivity contribution >= 4 is 5.91 Å². The van der Waals surface area contributed by atoms with E-state index in [9.17, 15) is 9.59 Å². The lowest BCUT2D eigenvalue weighted by atomic mass is 10.1. The van der Waals surface area contributed by atoms with Crippen LogP contribution in [0.3, 0.4) is 0 Å². The largest absolute Gasteiger partial charge is 0.491 e. The minimum Gasteiger partial charge on any atom is -0.491 e. The number of nitrogens with zero attached hydrogens (tertiary/aromatic N) is 1. The third-order valence-corrected chi connectivity index (χ3v) is 2.70. The molecule has 0 unspecified atom stereocenters. The van der Waals surface area contributed by atoms with Crippen LogP contribution in [-0.4, -0.2) is 22.2 Å². The van der Waals surface area contributed by atoms with Crippen LogP contribution in [0.4, 0.5) is 0 Å². The Bertz CT molecular complexity index is 692. The molecule has 21 heavy (non-hydrogen) atoms. The third kappa shape index (κ3) is 3.46. The lowest BCUT2D eigenvalue weighted by Crippen LogP contribution is -2.34. The number of benzene rings is 1. The summed E-state index contributed by atoms with van der Waals surface area (Å²) in [5, 5.41) is 6.19. The standard InChI is InChI=1S/C14H16N4O3/c1-8(2)21-10-5-3-9(4-6-10)12-7-11(13(19)16-15)14(20)18-17-12/h3-8H,15H2,1-2H3,(H,16,19)(H,18,20). The summed E-state index contributed by atoms with van der Waals surface area (Å²) in [6, 6.07) is 8.57. The topological polar surface area (TPSA) is 110 Å². The second kappa shape index (κ2) is 6.19. The van der Waals surface area contributed by atoms with Crippen LogP contribution >= 0.6 is 0 Å². The van der Waals surface area contributed by atoms with Gasteiger partial charge in [0.2, 0.25) is 0 Å². The molecule has 7 nitrogen and oxygen atoms in total. The Balaban J connectivity index is 2.34. The molecule has 0 aliphatic heterocycles. The molecule has 1 aromatic heterocycles. The molecule has 0 saturated heterocycles. The highest BCUT2D eigenvalue weighted by Crippen LogP contribution is 2.21. The normalized spacial score (nSPS) is 10.5. The van der Waals surface area contributed by atoms with Gasteiger partial charge in [0.05, 0.1) is 11.8 Å². The Kier molecular flexibility index (Phi) is 4.34. The number of aromatic nitrogens is 2. The second-order valence-electron chi connectivity index (χ2n) is 4.66. The zero-order valence-corrected chi connectivity index (χ0v) is 11.7. The van der Waals surface area contributed by atoms with Crippen molar-refractivity contribution in [1.82, 2.24) is 15.6 Å². The molecular formula is C14H16N4O3. The van der Waals surface area contributed by atoms with Crippen molar-refractivity contribution in [3.63, 3.8) is 0 Å². The highest BCUT2D eigenvalue weighted by Gasteiger charge is 2.12. The predicted molar refractivity (Wildman–Crippen MR) is 77.7 cm³/mol. The molecule has 7 heteroatoms. The van der Waals surface area contributed by atoms with Crippen molar-refractivity contribution < 1.29 is 9.53 Å². The van der Waals surface area contributed by atoms with Crippen molar-refractivity contribution in [3.8, 4) is 17.0 Å². The molecule has 0 fully saturated rings. The van der Waals surface area contributed by atoms with Gasteiger partial charge in [0.25, 0.3) is 11.5 Å². The van der Waals surface area contributed by atoms with Crippen LogP contribution in [-0.2, 0) is 0 Å². The van der Waals surface area contributed by atoms with Gasteiger partial charge in [-0.3, -0.25) is 15.0 Å². The molecule has 0 bridgehead atoms. The number of H-pyrrole nitrogens is 1. The summed E-state index contributed by atoms with van der Waals surface area (Å²) in [5.41, 5.74) is 2.44. The number of nitrogens with one attached hydrogen (secondary N) is 2. The maximum atomic E-state index is 11.5. The number of ether oxygens (including phenoxy) is 1. The number of nitrogens with two attached hydrogens (primary N) is 1. The van der Waals surface area contributed by atoms with Crippen molar-refractivity contribution in [1.29, 1.82) is 0 Å². The predicted octanol–water partition coefficient (Wildman–Crippen LogP) is 0.828. The Morgan fingerprint density at radius 3 is 2.57 bits per heavy atom. The van der Waals surface area contributed by atoms with Crippen LogP contribution in [0, 0.1) is 0 Å². The summed E-state index contributed by atoms with van der Waals surface area (Å²) in [6.45, 7) is 3.88. The highest BCUT2D eigenvalue weighted by atomic mass is 16.5. The number of carbonyl (C=O) groups excluding carboxylic acids is 1. The van der Waals surface area contributed by atoms with E-state index in [0.717, 1.165) is 11.3 Å². The molecule has 2 rings (SSSR count). The zero-order chi connectivity index (χ0) is 15.4. The summed E-state index contributed by atoms with van der Waals surface area (Å²) in [5.74, 6) is 5.11. The van der Waals surface area contributed by atoms with E-state index in [0.29, 0.717) is 5.69 Å². The molecule has 1 amide bonds. The molecule has 1 aromatic carbocycles. The van der Waals surface area contributed by atoms with E-state index in [1.807, 2.05) is 19.3 Å². The van der Waals surface area contributed by atoms with Gasteiger partial charge < -0.3 is 4.74 Å². The van der Waals surface area contributed by atoms with Gasteiger partial charge in [-0.15, -0.1) is 0 Å². The van der Waals surface area contributed by atoms with Gasteiger partial charge >= 0.3 is 0 Å². The van der Waals surface area contributed by atoms with E-state index in [2.05, 4.69) is 10.2 Å². The van der Waals surface area contributed by atoms with E-state index in [1.165, 1.54) is 6.07 Å². The number of carbonyl (C=O) groups is 1. The molecule has 1 heterocycles. The molecule has 0 atom stereocenters. The van der Waals surface area contributed by atoms with Gasteiger partial charge in [0.15, 0.2) is 0 Å². The summed E-state index contributed by atoms with van der Waals surface area (Å²) in [4.78, 5) is 23.0. The highest BCUT2D eigenvalue weighted by molar-refractivity contribution is 5.94. The van der Waals surface area contributed by atoms with Crippen LogP contribution < -0.4 is 21.6 Å². The fourth-order valence-electron chi connectivity index (χ4n) is 1.78. The average molecular weight is 288 g/mol. The number of aromatic amines is 1. The van der Waals surface area contributed by atoms with E-state index in [1.54, 1.807) is 24.3 Å². The number of hydrogen-bond acceptors (Lipinski definition) is 5. The van der Waals surface area contributed by atoms with Crippen molar-refractivity contribution in [2.75, 3.05) is 0 Å². The van der Waals surface area contributed by atoms with Gasteiger partial charge in [-0.1, -0.05) is 0 Å². The molecule has 0 radical (unpaired) electrons. The molecule has 0 saturated carbocycles. The van der Waals surface area contributed by atoms with Crippen LogP contribution in [0.1, 0.15) is 24.2 Å². The maximum Gasteiger partial charge on any atom is 0.277 e. The molecular weight excluding hydrogens is 272 g/mol. The fourth-order valence-corrected chi connectivity index (χ4v) is 1.78. The maximum absolute atomic E-state index is 11.5. The summed E-state index contributed by atoms with van der Waals surface area (Å²) in [6.07, 6.45) is 0.0851. The quantitative estimate of drug-likeness (QED) is 0.438. The van der Waals surface area contributed by atoms with Gasteiger partial charge in [0.1, 0.15) is 11.3 Å². The summed E-state index contributed by atoms with van der Waals surface area (Å²) < 4.78 is 5.54. The second-order valence-corrected chi connectivity index (χ2v) is 4.66. The Morgan fingerprint density at radius 1 is 1.33 bits per heavy atom. The first-order chi connectivity index (χ1) is 10.0. The number of nitrogen functional groups attached to an aromatic ring is 1. The van der Waals surface area contributed by atoms with Crippen LogP contribution in [0.5, 0.6) is 5.75 Å².